The van der Waals surface area contributed by atoms with Gasteiger partial charge < -0.3 is 14.5 Å². The number of nitrogens with zero attached hydrogens (tertiary/aromatic N) is 3. The summed E-state index contributed by atoms with van der Waals surface area (Å²) in [4.78, 5) is 16.7. The number of likely N-dealkylation sites (tertiary alicyclic amines) is 1. The van der Waals surface area contributed by atoms with E-state index < -0.39 is 24.0 Å². The lowest BCUT2D eigenvalue weighted by Gasteiger charge is -2.18. The maximum Gasteiger partial charge on any atom is 0.393 e. The van der Waals surface area contributed by atoms with Crippen LogP contribution in [-0.2, 0) is 11.2 Å². The first kappa shape index (κ1) is 18.7. The zero-order chi connectivity index (χ0) is 18.9. The second-order valence-corrected chi connectivity index (χ2v) is 6.56. The molecule has 0 unspecified atom stereocenters. The highest BCUT2D eigenvalue weighted by Gasteiger charge is 2.52. The molecule has 0 bridgehead atoms. The van der Waals surface area contributed by atoms with Crippen LogP contribution in [0.4, 0.5) is 13.2 Å². The normalized spacial score (nSPS) is 21.2. The monoisotopic (exact) mass is 389 g/mol. The average Bonchev–Trinajstić information content (AvgIpc) is 3.20. The lowest BCUT2D eigenvalue weighted by Crippen LogP contribution is -2.33. The fourth-order valence-corrected chi connectivity index (χ4v) is 3.20. The Bertz CT molecular complexity index is 796. The quantitative estimate of drug-likeness (QED) is 0.846. The molecule has 0 saturated carbocycles. The number of carbonyl (C=O) groups is 1. The fourth-order valence-electron chi connectivity index (χ4n) is 3.00. The Kier molecular flexibility index (Phi) is 5.19. The minimum Gasteiger partial charge on any atom is -0.481 e. The number of carboxylic acid groups (broad SMARTS) is 1. The van der Waals surface area contributed by atoms with E-state index in [2.05, 4.69) is 10.1 Å². The van der Waals surface area contributed by atoms with Gasteiger partial charge in [0.1, 0.15) is 0 Å². The molecule has 1 aromatic heterocycles. The molecule has 6 nitrogen and oxygen atoms in total. The number of carboxylic acids is 1. The molecule has 1 aliphatic heterocycles. The molecule has 2 heterocycles. The Morgan fingerprint density at radius 2 is 2.15 bits per heavy atom. The van der Waals surface area contributed by atoms with Gasteiger partial charge in [-0.05, 0) is 12.1 Å². The van der Waals surface area contributed by atoms with E-state index in [1.807, 2.05) is 0 Å². The molecule has 0 aliphatic carbocycles. The standard InChI is InChI=1S/C16H15ClF3N3O3/c17-10-3-1-2-9(6-10)14-21-13(26-22-14)4-5-23-7-11(15(24)25)12(8-23)16(18,19)20/h1-3,6,11-12H,4-5,7-8H2,(H,24,25)/t11-,12-/m1/s1. The molecule has 2 aromatic rings. The second kappa shape index (κ2) is 7.24. The Balaban J connectivity index is 1.62. The molecule has 0 radical (unpaired) electrons. The van der Waals surface area contributed by atoms with E-state index in [4.69, 9.17) is 21.2 Å². The van der Waals surface area contributed by atoms with Gasteiger partial charge >= 0.3 is 12.1 Å². The number of aliphatic carboxylic acids is 1. The molecule has 1 fully saturated rings. The van der Waals surface area contributed by atoms with Crippen LogP contribution in [-0.4, -0.2) is 51.9 Å². The van der Waals surface area contributed by atoms with Crippen molar-refractivity contribution >= 4 is 17.6 Å². The van der Waals surface area contributed by atoms with Gasteiger partial charge in [0, 0.05) is 36.6 Å². The first-order valence-corrected chi connectivity index (χ1v) is 8.22. The Hall–Kier alpha value is -2.13. The van der Waals surface area contributed by atoms with E-state index in [1.54, 1.807) is 24.3 Å². The van der Waals surface area contributed by atoms with Crippen molar-refractivity contribution in [1.82, 2.24) is 15.0 Å². The van der Waals surface area contributed by atoms with Crippen LogP contribution in [0.1, 0.15) is 5.89 Å². The summed E-state index contributed by atoms with van der Waals surface area (Å²) < 4.78 is 44.1. The fraction of sp³-hybridized carbons (Fsp3) is 0.438. The van der Waals surface area contributed by atoms with Crippen LogP contribution >= 0.6 is 11.6 Å². The van der Waals surface area contributed by atoms with Crippen LogP contribution in [0.2, 0.25) is 5.02 Å². The van der Waals surface area contributed by atoms with E-state index in [9.17, 15) is 18.0 Å². The topological polar surface area (TPSA) is 79.5 Å². The van der Waals surface area contributed by atoms with Crippen molar-refractivity contribution in [2.45, 2.75) is 12.6 Å². The van der Waals surface area contributed by atoms with Crippen molar-refractivity contribution in [3.63, 3.8) is 0 Å². The molecule has 0 spiro atoms. The lowest BCUT2D eigenvalue weighted by atomic mass is 9.96. The third kappa shape index (κ3) is 4.16. The third-order valence-corrected chi connectivity index (χ3v) is 4.56. The maximum atomic E-state index is 13.0. The largest absolute Gasteiger partial charge is 0.481 e. The van der Waals surface area contributed by atoms with Gasteiger partial charge in [-0.2, -0.15) is 18.2 Å². The van der Waals surface area contributed by atoms with Crippen LogP contribution in [0.5, 0.6) is 0 Å². The molecule has 1 saturated heterocycles. The number of hydrogen-bond acceptors (Lipinski definition) is 5. The summed E-state index contributed by atoms with van der Waals surface area (Å²) in [6.07, 6.45) is -4.31. The van der Waals surface area contributed by atoms with Gasteiger partial charge in [-0.3, -0.25) is 4.79 Å². The molecule has 2 atom stereocenters. The zero-order valence-electron chi connectivity index (χ0n) is 13.4. The zero-order valence-corrected chi connectivity index (χ0v) is 14.2. The van der Waals surface area contributed by atoms with Gasteiger partial charge in [-0.1, -0.05) is 28.9 Å². The van der Waals surface area contributed by atoms with Crippen molar-refractivity contribution in [2.75, 3.05) is 19.6 Å². The first-order valence-electron chi connectivity index (χ1n) is 7.84. The molecular formula is C16H15ClF3N3O3. The highest BCUT2D eigenvalue weighted by molar-refractivity contribution is 6.30. The molecule has 0 amide bonds. The van der Waals surface area contributed by atoms with E-state index in [1.165, 1.54) is 4.90 Å². The van der Waals surface area contributed by atoms with E-state index in [-0.39, 0.29) is 31.9 Å². The van der Waals surface area contributed by atoms with Crippen molar-refractivity contribution in [3.05, 3.63) is 35.2 Å². The first-order chi connectivity index (χ1) is 12.2. The molecule has 140 valence electrons. The van der Waals surface area contributed by atoms with Crippen LogP contribution in [0, 0.1) is 11.8 Å². The van der Waals surface area contributed by atoms with Gasteiger partial charge in [0.05, 0.1) is 11.8 Å². The van der Waals surface area contributed by atoms with Gasteiger partial charge in [-0.25, -0.2) is 0 Å². The summed E-state index contributed by atoms with van der Waals surface area (Å²) in [7, 11) is 0. The highest BCUT2D eigenvalue weighted by atomic mass is 35.5. The average molecular weight is 390 g/mol. The molecule has 10 heteroatoms. The van der Waals surface area contributed by atoms with Crippen molar-refractivity contribution in [2.24, 2.45) is 11.8 Å². The summed E-state index contributed by atoms with van der Waals surface area (Å²) >= 11 is 5.91. The van der Waals surface area contributed by atoms with Gasteiger partial charge in [-0.15, -0.1) is 0 Å². The second-order valence-electron chi connectivity index (χ2n) is 6.12. The number of benzene rings is 1. The lowest BCUT2D eigenvalue weighted by molar-refractivity contribution is -0.188. The highest BCUT2D eigenvalue weighted by Crippen LogP contribution is 2.37. The van der Waals surface area contributed by atoms with Crippen molar-refractivity contribution in [1.29, 1.82) is 0 Å². The molecular weight excluding hydrogens is 375 g/mol. The van der Waals surface area contributed by atoms with Crippen LogP contribution in [0.15, 0.2) is 28.8 Å². The molecule has 1 N–H and O–H groups in total. The third-order valence-electron chi connectivity index (χ3n) is 4.33. The minimum absolute atomic E-state index is 0.158. The van der Waals surface area contributed by atoms with E-state index in [0.29, 0.717) is 16.4 Å². The molecule has 1 aliphatic rings. The summed E-state index contributed by atoms with van der Waals surface area (Å²) in [5.41, 5.74) is 0.664. The molecule has 3 rings (SSSR count). The van der Waals surface area contributed by atoms with E-state index >= 15 is 0 Å². The number of aromatic nitrogens is 2. The minimum atomic E-state index is -4.54. The smallest absolute Gasteiger partial charge is 0.393 e. The predicted octanol–water partition coefficient (Wildman–Crippen LogP) is 3.13. The number of rotatable bonds is 5. The van der Waals surface area contributed by atoms with Gasteiger partial charge in [0.2, 0.25) is 11.7 Å². The maximum absolute atomic E-state index is 13.0. The number of hydrogen-bond donors (Lipinski definition) is 1. The summed E-state index contributed by atoms with van der Waals surface area (Å²) in [5, 5.41) is 13.4. The summed E-state index contributed by atoms with van der Waals surface area (Å²) in [6, 6.07) is 6.87. The molecule has 1 aromatic carbocycles. The van der Waals surface area contributed by atoms with E-state index in [0.717, 1.165) is 0 Å². The summed E-state index contributed by atoms with van der Waals surface area (Å²) in [6.45, 7) is -0.307. The van der Waals surface area contributed by atoms with Crippen molar-refractivity contribution < 1.29 is 27.6 Å². The Morgan fingerprint density at radius 1 is 1.38 bits per heavy atom. The predicted molar refractivity (Wildman–Crippen MR) is 85.6 cm³/mol. The van der Waals surface area contributed by atoms with Gasteiger partial charge in [0.25, 0.3) is 0 Å². The summed E-state index contributed by atoms with van der Waals surface area (Å²) in [5.74, 6) is -4.16. The number of halogens is 4. The SMILES string of the molecule is O=C(O)[C@@H]1CN(CCc2nc(-c3cccc(Cl)c3)no2)C[C@H]1C(F)(F)F. The molecule has 26 heavy (non-hydrogen) atoms. The number of alkyl halides is 3. The Morgan fingerprint density at radius 3 is 2.77 bits per heavy atom. The van der Waals surface area contributed by atoms with Crippen LogP contribution in [0.25, 0.3) is 11.4 Å². The van der Waals surface area contributed by atoms with Crippen LogP contribution < -0.4 is 0 Å². The Labute approximate surface area is 151 Å². The van der Waals surface area contributed by atoms with Crippen molar-refractivity contribution in [3.8, 4) is 11.4 Å². The van der Waals surface area contributed by atoms with Gasteiger partial charge in [0.15, 0.2) is 0 Å². The van der Waals surface area contributed by atoms with Crippen LogP contribution in [0.3, 0.4) is 0 Å².